The third-order valence-electron chi connectivity index (χ3n) is 4.61. The minimum Gasteiger partial charge on any atom is -0.465 e. The van der Waals surface area contributed by atoms with Crippen LogP contribution in [0.15, 0.2) is 46.8 Å². The van der Waals surface area contributed by atoms with Crippen LogP contribution in [0, 0.1) is 5.92 Å². The third-order valence-corrected chi connectivity index (χ3v) is 4.61. The highest BCUT2D eigenvalue weighted by Crippen LogP contribution is 2.35. The summed E-state index contributed by atoms with van der Waals surface area (Å²) < 4.78 is 16.3. The highest BCUT2D eigenvalue weighted by atomic mass is 16.5. The monoisotopic (exact) mass is 338 g/mol. The maximum atomic E-state index is 12.4. The van der Waals surface area contributed by atoms with E-state index in [9.17, 15) is 9.59 Å². The average Bonchev–Trinajstić information content (AvgIpc) is 3.24. The van der Waals surface area contributed by atoms with Crippen LogP contribution in [0.5, 0.6) is 11.5 Å². The van der Waals surface area contributed by atoms with E-state index in [4.69, 9.17) is 13.9 Å². The quantitative estimate of drug-likeness (QED) is 0.472. The minimum atomic E-state index is -0.212. The molecule has 0 unspecified atom stereocenters. The summed E-state index contributed by atoms with van der Waals surface area (Å²) in [5.41, 5.74) is 0.454. The molecule has 0 amide bonds. The average molecular weight is 338 g/mol. The Morgan fingerprint density at radius 1 is 1.16 bits per heavy atom. The van der Waals surface area contributed by atoms with E-state index in [2.05, 4.69) is 0 Å². The molecule has 1 aromatic heterocycles. The van der Waals surface area contributed by atoms with Crippen molar-refractivity contribution in [1.82, 2.24) is 0 Å². The van der Waals surface area contributed by atoms with Gasteiger partial charge in [0.05, 0.1) is 17.7 Å². The standard InChI is InChI=1S/C20H18O5/c21-19-16-9-8-15(24-20(22)13-5-2-1-3-6-13)12-17(16)25-18(19)11-14-7-4-10-23-14/h4,7-13H,1-3,5-6H2/b18-11-. The van der Waals surface area contributed by atoms with E-state index in [0.717, 1.165) is 25.7 Å². The van der Waals surface area contributed by atoms with E-state index in [0.29, 0.717) is 22.8 Å². The van der Waals surface area contributed by atoms with Gasteiger partial charge in [0.25, 0.3) is 0 Å². The van der Waals surface area contributed by atoms with Gasteiger partial charge in [-0.05, 0) is 37.1 Å². The van der Waals surface area contributed by atoms with Crippen LogP contribution in [0.3, 0.4) is 0 Å². The number of Topliss-reactive ketones (excluding diaryl/α,β-unsaturated/α-hetero) is 1. The molecule has 0 bridgehead atoms. The molecular formula is C20H18O5. The summed E-state index contributed by atoms with van der Waals surface area (Å²) in [5, 5.41) is 0. The number of furan rings is 1. The lowest BCUT2D eigenvalue weighted by Crippen LogP contribution is -2.22. The first-order valence-corrected chi connectivity index (χ1v) is 8.54. The van der Waals surface area contributed by atoms with Crippen LogP contribution in [0.2, 0.25) is 0 Å². The van der Waals surface area contributed by atoms with Crippen molar-refractivity contribution in [2.24, 2.45) is 5.92 Å². The lowest BCUT2D eigenvalue weighted by Gasteiger charge is -2.19. The highest BCUT2D eigenvalue weighted by molar-refractivity contribution is 6.14. The maximum absolute atomic E-state index is 12.4. The SMILES string of the molecule is O=C1/C(=C/c2ccco2)Oc2cc(OC(=O)C3CCCCC3)ccc21. The Balaban J connectivity index is 1.50. The molecule has 1 aromatic carbocycles. The van der Waals surface area contributed by atoms with Crippen molar-refractivity contribution in [3.05, 3.63) is 53.7 Å². The molecule has 0 atom stereocenters. The van der Waals surface area contributed by atoms with E-state index >= 15 is 0 Å². The van der Waals surface area contributed by atoms with Crippen molar-refractivity contribution in [2.45, 2.75) is 32.1 Å². The van der Waals surface area contributed by atoms with Crippen LogP contribution in [0.1, 0.15) is 48.2 Å². The fraction of sp³-hybridized carbons (Fsp3) is 0.300. The molecule has 1 saturated carbocycles. The van der Waals surface area contributed by atoms with Crippen LogP contribution in [-0.2, 0) is 4.79 Å². The minimum absolute atomic E-state index is 0.0287. The summed E-state index contributed by atoms with van der Waals surface area (Å²) in [6.07, 6.45) is 8.18. The van der Waals surface area contributed by atoms with E-state index in [-0.39, 0.29) is 23.4 Å². The predicted molar refractivity (Wildman–Crippen MR) is 90.3 cm³/mol. The summed E-state index contributed by atoms with van der Waals surface area (Å²) >= 11 is 0. The zero-order chi connectivity index (χ0) is 17.2. The van der Waals surface area contributed by atoms with E-state index in [1.807, 2.05) is 0 Å². The second-order valence-corrected chi connectivity index (χ2v) is 6.37. The molecule has 4 rings (SSSR count). The Morgan fingerprint density at radius 3 is 2.76 bits per heavy atom. The highest BCUT2D eigenvalue weighted by Gasteiger charge is 2.29. The fourth-order valence-electron chi connectivity index (χ4n) is 3.27. The maximum Gasteiger partial charge on any atom is 0.314 e. The molecule has 5 nitrogen and oxygen atoms in total. The van der Waals surface area contributed by atoms with Gasteiger partial charge in [-0.2, -0.15) is 0 Å². The molecule has 1 fully saturated rings. The van der Waals surface area contributed by atoms with E-state index < -0.39 is 0 Å². The van der Waals surface area contributed by atoms with E-state index in [1.165, 1.54) is 12.7 Å². The van der Waals surface area contributed by atoms with Gasteiger partial charge in [-0.3, -0.25) is 9.59 Å². The second kappa shape index (κ2) is 6.59. The van der Waals surface area contributed by atoms with Crippen molar-refractivity contribution in [3.8, 4) is 11.5 Å². The van der Waals surface area contributed by atoms with Gasteiger partial charge < -0.3 is 13.9 Å². The smallest absolute Gasteiger partial charge is 0.314 e. The lowest BCUT2D eigenvalue weighted by molar-refractivity contribution is -0.139. The number of fused-ring (bicyclic) bond motifs is 1. The number of ketones is 1. The number of hydrogen-bond donors (Lipinski definition) is 0. The summed E-state index contributed by atoms with van der Waals surface area (Å²) in [5.74, 6) is 1.10. The second-order valence-electron chi connectivity index (χ2n) is 6.37. The molecule has 2 heterocycles. The van der Waals surface area contributed by atoms with E-state index in [1.54, 1.807) is 36.4 Å². The van der Waals surface area contributed by atoms with Gasteiger partial charge in [-0.1, -0.05) is 19.3 Å². The number of rotatable bonds is 3. The first kappa shape index (κ1) is 15.7. The molecule has 0 spiro atoms. The van der Waals surface area contributed by atoms with Gasteiger partial charge in [0.1, 0.15) is 17.3 Å². The Bertz CT molecular complexity index is 826. The number of esters is 1. The normalized spacial score (nSPS) is 18.9. The van der Waals surface area contributed by atoms with Gasteiger partial charge in [-0.15, -0.1) is 0 Å². The van der Waals surface area contributed by atoms with Crippen molar-refractivity contribution in [1.29, 1.82) is 0 Å². The predicted octanol–water partition coefficient (Wildman–Crippen LogP) is 4.38. The van der Waals surface area contributed by atoms with Gasteiger partial charge in [0, 0.05) is 12.1 Å². The Labute approximate surface area is 145 Å². The number of allylic oxidation sites excluding steroid dienone is 1. The van der Waals surface area contributed by atoms with Crippen molar-refractivity contribution < 1.29 is 23.5 Å². The zero-order valence-electron chi connectivity index (χ0n) is 13.7. The molecule has 0 radical (unpaired) electrons. The number of carbonyl (C=O) groups excluding carboxylic acids is 2. The van der Waals surface area contributed by atoms with Gasteiger partial charge in [0.2, 0.25) is 5.78 Å². The Morgan fingerprint density at radius 2 is 2.00 bits per heavy atom. The molecule has 1 aliphatic heterocycles. The summed E-state index contributed by atoms with van der Waals surface area (Å²) in [6, 6.07) is 8.34. The van der Waals surface area contributed by atoms with Crippen LogP contribution in [-0.4, -0.2) is 11.8 Å². The number of benzene rings is 1. The van der Waals surface area contributed by atoms with Crippen LogP contribution >= 0.6 is 0 Å². The Kier molecular flexibility index (Phi) is 4.14. The fourth-order valence-corrected chi connectivity index (χ4v) is 3.27. The molecule has 2 aliphatic rings. The third kappa shape index (κ3) is 3.22. The van der Waals surface area contributed by atoms with Crippen LogP contribution < -0.4 is 9.47 Å². The molecule has 25 heavy (non-hydrogen) atoms. The van der Waals surface area contributed by atoms with Crippen molar-refractivity contribution in [3.63, 3.8) is 0 Å². The van der Waals surface area contributed by atoms with Crippen LogP contribution in [0.4, 0.5) is 0 Å². The van der Waals surface area contributed by atoms with Gasteiger partial charge in [-0.25, -0.2) is 0 Å². The zero-order valence-corrected chi connectivity index (χ0v) is 13.7. The molecular weight excluding hydrogens is 320 g/mol. The number of carbonyl (C=O) groups is 2. The van der Waals surface area contributed by atoms with Crippen molar-refractivity contribution in [2.75, 3.05) is 0 Å². The van der Waals surface area contributed by atoms with Gasteiger partial charge in [0.15, 0.2) is 5.76 Å². The summed E-state index contributed by atoms with van der Waals surface area (Å²) in [6.45, 7) is 0. The summed E-state index contributed by atoms with van der Waals surface area (Å²) in [4.78, 5) is 24.6. The first-order chi connectivity index (χ1) is 12.2. The Hall–Kier alpha value is -2.82. The first-order valence-electron chi connectivity index (χ1n) is 8.54. The van der Waals surface area contributed by atoms with Gasteiger partial charge >= 0.3 is 5.97 Å². The number of hydrogen-bond acceptors (Lipinski definition) is 5. The summed E-state index contributed by atoms with van der Waals surface area (Å²) in [7, 11) is 0. The topological polar surface area (TPSA) is 65.7 Å². The van der Waals surface area contributed by atoms with Crippen molar-refractivity contribution >= 4 is 17.8 Å². The molecule has 128 valence electrons. The molecule has 0 N–H and O–H groups in total. The molecule has 5 heteroatoms. The number of ether oxygens (including phenoxy) is 2. The molecule has 0 saturated heterocycles. The molecule has 1 aliphatic carbocycles. The lowest BCUT2D eigenvalue weighted by atomic mass is 9.89. The van der Waals surface area contributed by atoms with Crippen LogP contribution in [0.25, 0.3) is 6.08 Å². The largest absolute Gasteiger partial charge is 0.465 e. The molecule has 2 aromatic rings.